The molecule has 2 atom stereocenters. The Morgan fingerprint density at radius 2 is 2.10 bits per heavy atom. The predicted molar refractivity (Wildman–Crippen MR) is 83.0 cm³/mol. The number of aromatic nitrogens is 1. The van der Waals surface area contributed by atoms with Gasteiger partial charge >= 0.3 is 0 Å². The highest BCUT2D eigenvalue weighted by molar-refractivity contribution is 6.04. The molecule has 106 valence electrons. The first-order valence-electron chi connectivity index (χ1n) is 7.92. The molecule has 2 aromatic rings. The molecule has 0 radical (unpaired) electrons. The Bertz CT molecular complexity index is 786. The highest BCUT2D eigenvalue weighted by Gasteiger charge is 2.41. The third kappa shape index (κ3) is 1.40. The van der Waals surface area contributed by atoms with Crippen LogP contribution in [-0.4, -0.2) is 28.8 Å². The Morgan fingerprint density at radius 1 is 1.19 bits per heavy atom. The number of hydrogen-bond acceptors (Lipinski definition) is 2. The van der Waals surface area contributed by atoms with Crippen LogP contribution in [0.25, 0.3) is 16.6 Å². The highest BCUT2D eigenvalue weighted by Crippen LogP contribution is 2.48. The Balaban J connectivity index is 1.90. The molecule has 3 aliphatic heterocycles. The number of nitrogens with zero attached hydrogens (tertiary/aromatic N) is 2. The van der Waals surface area contributed by atoms with Gasteiger partial charge in [-0.1, -0.05) is 24.3 Å². The molecule has 1 aromatic heterocycles. The molecule has 3 nitrogen and oxygen atoms in total. The topological polar surface area (TPSA) is 25.2 Å². The van der Waals surface area contributed by atoms with E-state index in [1.807, 2.05) is 0 Å². The predicted octanol–water partition coefficient (Wildman–Crippen LogP) is 3.00. The fraction of sp³-hybridized carbons (Fsp3) is 0.389. The van der Waals surface area contributed by atoms with Crippen LogP contribution in [0.15, 0.2) is 30.3 Å². The normalized spacial score (nSPS) is 27.3. The number of fused-ring (bicyclic) bond motifs is 3. The Labute approximate surface area is 123 Å². The maximum atomic E-state index is 11.6. The minimum atomic E-state index is 0.485. The molecule has 0 saturated carbocycles. The molecule has 3 heteroatoms. The second kappa shape index (κ2) is 4.08. The Hall–Kier alpha value is -1.87. The average molecular weight is 278 g/mol. The summed E-state index contributed by atoms with van der Waals surface area (Å²) in [5, 5.41) is 1.34. The van der Waals surface area contributed by atoms with Crippen LogP contribution < -0.4 is 0 Å². The third-order valence-electron chi connectivity index (χ3n) is 5.49. The minimum Gasteiger partial charge on any atom is -0.309 e. The minimum absolute atomic E-state index is 0.485. The summed E-state index contributed by atoms with van der Waals surface area (Å²) < 4.78 is 2.23. The van der Waals surface area contributed by atoms with Crippen LogP contribution >= 0.6 is 0 Å². The molecule has 21 heavy (non-hydrogen) atoms. The molecule has 0 amide bonds. The summed E-state index contributed by atoms with van der Waals surface area (Å²) in [6, 6.07) is 9.04. The molecule has 1 saturated heterocycles. The lowest BCUT2D eigenvalue weighted by molar-refractivity contribution is -0.103. The van der Waals surface area contributed by atoms with Crippen LogP contribution in [0.5, 0.6) is 0 Å². The molecular formula is C18H18N2O. The summed E-state index contributed by atoms with van der Waals surface area (Å²) in [4.78, 5) is 14.3. The van der Waals surface area contributed by atoms with Crippen molar-refractivity contribution >= 4 is 22.9 Å². The molecule has 0 bridgehead atoms. The SMILES string of the molecule is O=CC1=CC2CCCN3CCc4c(n1c1ccccc41)[C@H]23. The van der Waals surface area contributed by atoms with Gasteiger partial charge in [-0.25, -0.2) is 0 Å². The largest absolute Gasteiger partial charge is 0.309 e. The van der Waals surface area contributed by atoms with E-state index in [9.17, 15) is 4.79 Å². The smallest absolute Gasteiger partial charge is 0.166 e. The highest BCUT2D eigenvalue weighted by atomic mass is 16.1. The molecule has 4 heterocycles. The van der Waals surface area contributed by atoms with Crippen molar-refractivity contribution in [3.63, 3.8) is 0 Å². The number of benzene rings is 1. The quantitative estimate of drug-likeness (QED) is 0.749. The van der Waals surface area contributed by atoms with E-state index in [1.165, 1.54) is 41.5 Å². The van der Waals surface area contributed by atoms with E-state index >= 15 is 0 Å². The van der Waals surface area contributed by atoms with E-state index in [4.69, 9.17) is 0 Å². The number of aldehydes is 1. The number of allylic oxidation sites excluding steroid dienone is 1. The van der Waals surface area contributed by atoms with Crippen molar-refractivity contribution < 1.29 is 4.79 Å². The second-order valence-electron chi connectivity index (χ2n) is 6.46. The monoisotopic (exact) mass is 278 g/mol. The first-order valence-corrected chi connectivity index (χ1v) is 7.92. The number of hydrogen-bond donors (Lipinski definition) is 0. The lowest BCUT2D eigenvalue weighted by atomic mass is 9.80. The molecular weight excluding hydrogens is 260 g/mol. The molecule has 1 unspecified atom stereocenters. The summed E-state index contributed by atoms with van der Waals surface area (Å²) in [6.45, 7) is 2.36. The molecule has 0 spiro atoms. The van der Waals surface area contributed by atoms with Crippen molar-refractivity contribution in [3.05, 3.63) is 41.6 Å². The molecule has 0 N–H and O–H groups in total. The Kier molecular flexibility index (Phi) is 2.28. The second-order valence-corrected chi connectivity index (χ2v) is 6.46. The zero-order valence-electron chi connectivity index (χ0n) is 12.0. The van der Waals surface area contributed by atoms with Crippen molar-refractivity contribution in [3.8, 4) is 0 Å². The zero-order valence-corrected chi connectivity index (χ0v) is 12.0. The van der Waals surface area contributed by atoms with Gasteiger partial charge in [0.05, 0.1) is 17.3 Å². The maximum Gasteiger partial charge on any atom is 0.166 e. The van der Waals surface area contributed by atoms with E-state index in [1.54, 1.807) is 0 Å². The summed E-state index contributed by atoms with van der Waals surface area (Å²) >= 11 is 0. The molecule has 1 aromatic carbocycles. The zero-order chi connectivity index (χ0) is 14.0. The summed E-state index contributed by atoms with van der Waals surface area (Å²) in [6.07, 6.45) is 6.83. The van der Waals surface area contributed by atoms with Gasteiger partial charge in [0.2, 0.25) is 0 Å². The van der Waals surface area contributed by atoms with Crippen molar-refractivity contribution in [1.82, 2.24) is 9.47 Å². The first-order chi connectivity index (χ1) is 10.4. The average Bonchev–Trinajstić information content (AvgIpc) is 2.88. The summed E-state index contributed by atoms with van der Waals surface area (Å²) in [5.41, 5.74) is 4.92. The number of carbonyl (C=O) groups excluding carboxylic acids is 1. The fourth-order valence-electron chi connectivity index (χ4n) is 4.72. The van der Waals surface area contributed by atoms with Crippen LogP contribution in [0.3, 0.4) is 0 Å². The number of carbonyl (C=O) groups is 1. The van der Waals surface area contributed by atoms with E-state index in [-0.39, 0.29) is 0 Å². The Morgan fingerprint density at radius 3 is 3.00 bits per heavy atom. The molecule has 3 aliphatic rings. The van der Waals surface area contributed by atoms with Crippen molar-refractivity contribution in [2.75, 3.05) is 13.1 Å². The fourth-order valence-corrected chi connectivity index (χ4v) is 4.72. The van der Waals surface area contributed by atoms with Crippen LogP contribution in [0.1, 0.15) is 30.1 Å². The van der Waals surface area contributed by atoms with Gasteiger partial charge in [0.1, 0.15) is 0 Å². The van der Waals surface area contributed by atoms with E-state index in [0.717, 1.165) is 24.9 Å². The third-order valence-corrected chi connectivity index (χ3v) is 5.49. The van der Waals surface area contributed by atoms with Gasteiger partial charge in [0.25, 0.3) is 0 Å². The molecule has 1 fully saturated rings. The van der Waals surface area contributed by atoms with Gasteiger partial charge in [-0.2, -0.15) is 0 Å². The lowest BCUT2D eigenvalue weighted by Crippen LogP contribution is -2.45. The van der Waals surface area contributed by atoms with E-state index in [0.29, 0.717) is 12.0 Å². The van der Waals surface area contributed by atoms with Crippen LogP contribution in [0, 0.1) is 5.92 Å². The standard InChI is InChI=1S/C18H18N2O/c21-11-13-10-12-4-3-8-19-9-7-15-14-5-1-2-6-16(14)20(13)18(15)17(12)19/h1-2,5-6,10-12,17H,3-4,7-9H2/t12?,17-/m0/s1. The van der Waals surface area contributed by atoms with Gasteiger partial charge in [-0.05, 0) is 37.4 Å². The van der Waals surface area contributed by atoms with E-state index in [2.05, 4.69) is 39.8 Å². The molecule has 5 rings (SSSR count). The van der Waals surface area contributed by atoms with E-state index < -0.39 is 0 Å². The van der Waals surface area contributed by atoms with Gasteiger partial charge in [0, 0.05) is 23.5 Å². The number of rotatable bonds is 1. The maximum absolute atomic E-state index is 11.6. The van der Waals surface area contributed by atoms with Crippen molar-refractivity contribution in [2.45, 2.75) is 25.3 Å². The summed E-state index contributed by atoms with van der Waals surface area (Å²) in [7, 11) is 0. The van der Waals surface area contributed by atoms with Gasteiger partial charge in [-0.15, -0.1) is 0 Å². The van der Waals surface area contributed by atoms with Gasteiger partial charge < -0.3 is 4.57 Å². The van der Waals surface area contributed by atoms with Gasteiger partial charge in [-0.3, -0.25) is 9.69 Å². The first kappa shape index (κ1) is 11.8. The lowest BCUT2D eigenvalue weighted by Gasteiger charge is -2.46. The number of piperidine rings is 1. The number of para-hydroxylation sites is 1. The van der Waals surface area contributed by atoms with Crippen LogP contribution in [0.2, 0.25) is 0 Å². The van der Waals surface area contributed by atoms with Crippen LogP contribution in [0.4, 0.5) is 0 Å². The van der Waals surface area contributed by atoms with Crippen molar-refractivity contribution in [2.24, 2.45) is 5.92 Å². The van der Waals surface area contributed by atoms with Crippen LogP contribution in [-0.2, 0) is 11.2 Å². The summed E-state index contributed by atoms with van der Waals surface area (Å²) in [5.74, 6) is 0.509. The van der Waals surface area contributed by atoms with Gasteiger partial charge in [0.15, 0.2) is 6.29 Å². The molecule has 0 aliphatic carbocycles. The van der Waals surface area contributed by atoms with Crippen molar-refractivity contribution in [1.29, 1.82) is 0 Å².